The molecule has 166 valence electrons. The number of aromatic nitrogens is 1. The summed E-state index contributed by atoms with van der Waals surface area (Å²) >= 11 is 0. The molecule has 7 heteroatoms. The number of benzene rings is 2. The fourth-order valence-electron chi connectivity index (χ4n) is 3.26. The summed E-state index contributed by atoms with van der Waals surface area (Å²) in [6, 6.07) is 18.5. The molecule has 7 nitrogen and oxygen atoms in total. The first kappa shape index (κ1) is 23.0. The lowest BCUT2D eigenvalue weighted by Gasteiger charge is -2.10. The Labute approximate surface area is 188 Å². The first-order valence-corrected chi connectivity index (χ1v) is 10.5. The fourth-order valence-corrected chi connectivity index (χ4v) is 3.26. The zero-order valence-corrected chi connectivity index (χ0v) is 18.3. The SMILES string of the molecule is CNC(=O)c1cc(Oc2cccc(CCNC(=O)c3cccc(CC(C)N)c3)c2)ccn1. The molecule has 3 aromatic rings. The van der Waals surface area contributed by atoms with Gasteiger partial charge in [-0.1, -0.05) is 24.3 Å². The number of nitrogens with one attached hydrogen (secondary N) is 2. The number of rotatable bonds is 9. The Morgan fingerprint density at radius 2 is 1.75 bits per heavy atom. The average Bonchev–Trinajstić information content (AvgIpc) is 2.78. The topological polar surface area (TPSA) is 106 Å². The van der Waals surface area contributed by atoms with Crippen molar-refractivity contribution >= 4 is 11.8 Å². The van der Waals surface area contributed by atoms with E-state index in [4.69, 9.17) is 10.5 Å². The molecule has 0 aliphatic carbocycles. The van der Waals surface area contributed by atoms with Gasteiger partial charge in [-0.3, -0.25) is 14.6 Å². The number of ether oxygens (including phenoxy) is 1. The zero-order valence-electron chi connectivity index (χ0n) is 18.3. The average molecular weight is 433 g/mol. The van der Waals surface area contributed by atoms with Crippen LogP contribution in [0.2, 0.25) is 0 Å². The van der Waals surface area contributed by atoms with E-state index in [-0.39, 0.29) is 23.6 Å². The standard InChI is InChI=1S/C25H28N4O3/c1-17(26)13-19-6-3-7-20(14-19)24(30)29-11-9-18-5-4-8-21(15-18)32-22-10-12-28-23(16-22)25(31)27-2/h3-8,10,12,14-17H,9,11,13,26H2,1-2H3,(H,27,31)(H,29,30). The fraction of sp³-hybridized carbons (Fsp3) is 0.240. The normalized spacial score (nSPS) is 11.5. The Hall–Kier alpha value is -3.71. The molecule has 0 bridgehead atoms. The molecule has 3 rings (SSSR count). The van der Waals surface area contributed by atoms with Crippen LogP contribution >= 0.6 is 0 Å². The van der Waals surface area contributed by atoms with Crippen LogP contribution in [0.5, 0.6) is 11.5 Å². The molecule has 2 amide bonds. The van der Waals surface area contributed by atoms with Gasteiger partial charge in [0.2, 0.25) is 0 Å². The second-order valence-electron chi connectivity index (χ2n) is 7.59. The van der Waals surface area contributed by atoms with Crippen molar-refractivity contribution < 1.29 is 14.3 Å². The maximum Gasteiger partial charge on any atom is 0.269 e. The van der Waals surface area contributed by atoms with Crippen molar-refractivity contribution in [2.24, 2.45) is 5.73 Å². The molecule has 4 N–H and O–H groups in total. The van der Waals surface area contributed by atoms with Gasteiger partial charge in [-0.2, -0.15) is 0 Å². The van der Waals surface area contributed by atoms with E-state index in [2.05, 4.69) is 15.6 Å². The summed E-state index contributed by atoms with van der Waals surface area (Å²) in [6.45, 7) is 2.44. The predicted octanol–water partition coefficient (Wildman–Crippen LogP) is 3.10. The maximum absolute atomic E-state index is 12.5. The summed E-state index contributed by atoms with van der Waals surface area (Å²) in [4.78, 5) is 28.3. The van der Waals surface area contributed by atoms with E-state index >= 15 is 0 Å². The summed E-state index contributed by atoms with van der Waals surface area (Å²) in [6.07, 6.45) is 2.92. The van der Waals surface area contributed by atoms with E-state index in [1.54, 1.807) is 25.2 Å². The molecule has 0 saturated carbocycles. The predicted molar refractivity (Wildman–Crippen MR) is 124 cm³/mol. The Kier molecular flexibility index (Phi) is 7.94. The molecular weight excluding hydrogens is 404 g/mol. The van der Waals surface area contributed by atoms with Crippen LogP contribution in [0.4, 0.5) is 0 Å². The smallest absolute Gasteiger partial charge is 0.269 e. The van der Waals surface area contributed by atoms with E-state index < -0.39 is 0 Å². The second kappa shape index (κ2) is 11.1. The van der Waals surface area contributed by atoms with Crippen LogP contribution in [0.25, 0.3) is 0 Å². The molecule has 1 heterocycles. The molecule has 0 spiro atoms. The van der Waals surface area contributed by atoms with Gasteiger partial charge < -0.3 is 21.1 Å². The number of hydrogen-bond donors (Lipinski definition) is 3. The van der Waals surface area contributed by atoms with Crippen LogP contribution in [-0.2, 0) is 12.8 Å². The van der Waals surface area contributed by atoms with E-state index in [9.17, 15) is 9.59 Å². The monoisotopic (exact) mass is 432 g/mol. The zero-order chi connectivity index (χ0) is 22.9. The Bertz CT molecular complexity index is 1080. The molecule has 0 saturated heterocycles. The van der Waals surface area contributed by atoms with Crippen molar-refractivity contribution in [2.75, 3.05) is 13.6 Å². The highest BCUT2D eigenvalue weighted by molar-refractivity contribution is 5.94. The van der Waals surface area contributed by atoms with Gasteiger partial charge in [0.05, 0.1) is 0 Å². The number of carbonyl (C=O) groups excluding carboxylic acids is 2. The van der Waals surface area contributed by atoms with Crippen molar-refractivity contribution in [2.45, 2.75) is 25.8 Å². The number of hydrogen-bond acceptors (Lipinski definition) is 5. The number of nitrogens with two attached hydrogens (primary N) is 1. The molecule has 32 heavy (non-hydrogen) atoms. The van der Waals surface area contributed by atoms with Gasteiger partial charge in [0.25, 0.3) is 11.8 Å². The first-order valence-electron chi connectivity index (χ1n) is 10.5. The molecule has 0 aliphatic rings. The number of pyridine rings is 1. The molecule has 2 aromatic carbocycles. The lowest BCUT2D eigenvalue weighted by molar-refractivity contribution is 0.0947. The number of amides is 2. The van der Waals surface area contributed by atoms with Crippen molar-refractivity contribution in [1.29, 1.82) is 0 Å². The van der Waals surface area contributed by atoms with Gasteiger partial charge >= 0.3 is 0 Å². The summed E-state index contributed by atoms with van der Waals surface area (Å²) in [5.74, 6) is 0.785. The largest absolute Gasteiger partial charge is 0.457 e. The highest BCUT2D eigenvalue weighted by Crippen LogP contribution is 2.22. The van der Waals surface area contributed by atoms with Gasteiger partial charge in [0.15, 0.2) is 0 Å². The summed E-state index contributed by atoms with van der Waals surface area (Å²) < 4.78 is 5.88. The third-order valence-electron chi connectivity index (χ3n) is 4.77. The van der Waals surface area contributed by atoms with Crippen molar-refractivity contribution in [3.63, 3.8) is 0 Å². The minimum atomic E-state index is -0.275. The van der Waals surface area contributed by atoms with E-state index in [0.717, 1.165) is 17.5 Å². The Morgan fingerprint density at radius 1 is 1.00 bits per heavy atom. The molecular formula is C25H28N4O3. The first-order chi connectivity index (χ1) is 15.4. The van der Waals surface area contributed by atoms with Crippen LogP contribution in [0.1, 0.15) is 38.9 Å². The van der Waals surface area contributed by atoms with Crippen molar-refractivity contribution in [3.05, 3.63) is 89.2 Å². The van der Waals surface area contributed by atoms with Crippen LogP contribution < -0.4 is 21.1 Å². The third kappa shape index (κ3) is 6.65. The number of nitrogens with zero attached hydrogens (tertiary/aromatic N) is 1. The van der Waals surface area contributed by atoms with Crippen LogP contribution in [0.15, 0.2) is 66.9 Å². The molecule has 0 fully saturated rings. The van der Waals surface area contributed by atoms with E-state index in [1.165, 1.54) is 6.20 Å². The summed E-state index contributed by atoms with van der Waals surface area (Å²) in [5, 5.41) is 5.50. The molecule has 1 aromatic heterocycles. The highest BCUT2D eigenvalue weighted by Gasteiger charge is 2.09. The Morgan fingerprint density at radius 3 is 2.53 bits per heavy atom. The summed E-state index contributed by atoms with van der Waals surface area (Å²) in [5.41, 5.74) is 8.84. The maximum atomic E-state index is 12.5. The quantitative estimate of drug-likeness (QED) is 0.482. The van der Waals surface area contributed by atoms with Crippen LogP contribution in [0, 0.1) is 0 Å². The lowest BCUT2D eigenvalue weighted by atomic mass is 10.0. The van der Waals surface area contributed by atoms with Crippen molar-refractivity contribution in [3.8, 4) is 11.5 Å². The lowest BCUT2D eigenvalue weighted by Crippen LogP contribution is -2.26. The minimum absolute atomic E-state index is 0.0466. The molecule has 0 radical (unpaired) electrons. The molecule has 1 unspecified atom stereocenters. The van der Waals surface area contributed by atoms with Crippen molar-refractivity contribution in [1.82, 2.24) is 15.6 Å². The minimum Gasteiger partial charge on any atom is -0.457 e. The Balaban J connectivity index is 1.56. The number of carbonyl (C=O) groups is 2. The molecule has 0 aliphatic heterocycles. The van der Waals surface area contributed by atoms with Gasteiger partial charge in [0.1, 0.15) is 17.2 Å². The van der Waals surface area contributed by atoms with Gasteiger partial charge in [-0.15, -0.1) is 0 Å². The third-order valence-corrected chi connectivity index (χ3v) is 4.77. The molecule has 1 atom stereocenters. The van der Waals surface area contributed by atoms with Crippen LogP contribution in [-0.4, -0.2) is 36.4 Å². The highest BCUT2D eigenvalue weighted by atomic mass is 16.5. The summed E-state index contributed by atoms with van der Waals surface area (Å²) in [7, 11) is 1.55. The van der Waals surface area contributed by atoms with E-state index in [1.807, 2.05) is 49.4 Å². The van der Waals surface area contributed by atoms with Gasteiger partial charge in [-0.25, -0.2) is 0 Å². The van der Waals surface area contributed by atoms with E-state index in [0.29, 0.717) is 30.0 Å². The van der Waals surface area contributed by atoms with Gasteiger partial charge in [-0.05, 0) is 61.2 Å². The van der Waals surface area contributed by atoms with Gasteiger partial charge in [0, 0.05) is 37.5 Å². The second-order valence-corrected chi connectivity index (χ2v) is 7.59. The van der Waals surface area contributed by atoms with Crippen LogP contribution in [0.3, 0.4) is 0 Å².